The topological polar surface area (TPSA) is 69.4 Å². The van der Waals surface area contributed by atoms with Crippen LogP contribution in [0.4, 0.5) is 18.9 Å². The Kier molecular flexibility index (Phi) is 4.63. The van der Waals surface area contributed by atoms with Crippen molar-refractivity contribution in [3.05, 3.63) is 75.3 Å². The standard InChI is InChI=1S/C15H10F3NO4/c16-15(17,18)13-4-2-1-3-12(13)14(20)23-9-10-5-7-11(8-6-10)19(21)22/h1-8H,9H2. The number of carbonyl (C=O) groups excluding carboxylic acids is 1. The van der Waals surface area contributed by atoms with Crippen LogP contribution in [0.2, 0.25) is 0 Å². The average Bonchev–Trinajstić information content (AvgIpc) is 2.52. The summed E-state index contributed by atoms with van der Waals surface area (Å²) in [5.41, 5.74) is -1.37. The lowest BCUT2D eigenvalue weighted by Gasteiger charge is -2.12. The Hall–Kier alpha value is -2.90. The van der Waals surface area contributed by atoms with E-state index in [0.717, 1.165) is 12.1 Å². The smallest absolute Gasteiger partial charge is 0.417 e. The number of rotatable bonds is 4. The van der Waals surface area contributed by atoms with Crippen LogP contribution in [0.3, 0.4) is 0 Å². The molecule has 0 fully saturated rings. The average molecular weight is 325 g/mol. The second-order valence-corrected chi connectivity index (χ2v) is 4.54. The van der Waals surface area contributed by atoms with Crippen LogP contribution < -0.4 is 0 Å². The zero-order valence-electron chi connectivity index (χ0n) is 11.5. The molecule has 0 N–H and O–H groups in total. The number of nitro groups is 1. The number of hydrogen-bond donors (Lipinski definition) is 0. The van der Waals surface area contributed by atoms with Crippen molar-refractivity contribution in [1.29, 1.82) is 0 Å². The minimum absolute atomic E-state index is 0.137. The predicted octanol–water partition coefficient (Wildman–Crippen LogP) is 3.97. The third-order valence-electron chi connectivity index (χ3n) is 2.97. The maximum absolute atomic E-state index is 12.8. The van der Waals surface area contributed by atoms with Crippen molar-refractivity contribution in [2.24, 2.45) is 0 Å². The molecule has 0 saturated carbocycles. The number of carbonyl (C=O) groups is 1. The van der Waals surface area contributed by atoms with Crippen molar-refractivity contribution in [3.8, 4) is 0 Å². The van der Waals surface area contributed by atoms with Crippen LogP contribution >= 0.6 is 0 Å². The molecular weight excluding hydrogens is 315 g/mol. The molecule has 2 aromatic rings. The van der Waals surface area contributed by atoms with Gasteiger partial charge in [-0.2, -0.15) is 13.2 Å². The number of non-ortho nitro benzene ring substituents is 1. The number of ether oxygens (including phenoxy) is 1. The lowest BCUT2D eigenvalue weighted by molar-refractivity contribution is -0.384. The van der Waals surface area contributed by atoms with Crippen LogP contribution in [0, 0.1) is 10.1 Å². The van der Waals surface area contributed by atoms with Gasteiger partial charge >= 0.3 is 12.1 Å². The Balaban J connectivity index is 2.10. The molecule has 120 valence electrons. The molecule has 23 heavy (non-hydrogen) atoms. The van der Waals surface area contributed by atoms with Crippen molar-refractivity contribution in [3.63, 3.8) is 0 Å². The summed E-state index contributed by atoms with van der Waals surface area (Å²) in [6.45, 7) is -0.289. The molecule has 0 saturated heterocycles. The van der Waals surface area contributed by atoms with Gasteiger partial charge in [-0.15, -0.1) is 0 Å². The van der Waals surface area contributed by atoms with E-state index in [-0.39, 0.29) is 12.3 Å². The van der Waals surface area contributed by atoms with Crippen molar-refractivity contribution >= 4 is 11.7 Å². The minimum atomic E-state index is -4.66. The Morgan fingerprint density at radius 2 is 1.70 bits per heavy atom. The highest BCUT2D eigenvalue weighted by Crippen LogP contribution is 2.32. The van der Waals surface area contributed by atoms with E-state index in [4.69, 9.17) is 4.74 Å². The molecule has 0 aliphatic rings. The number of halogens is 3. The van der Waals surface area contributed by atoms with Crippen LogP contribution in [0.1, 0.15) is 21.5 Å². The van der Waals surface area contributed by atoms with Gasteiger partial charge in [0.25, 0.3) is 5.69 Å². The molecule has 0 aliphatic carbocycles. The van der Waals surface area contributed by atoms with E-state index in [2.05, 4.69) is 0 Å². The van der Waals surface area contributed by atoms with E-state index in [1.54, 1.807) is 0 Å². The summed E-state index contributed by atoms with van der Waals surface area (Å²) >= 11 is 0. The summed E-state index contributed by atoms with van der Waals surface area (Å²) in [5, 5.41) is 10.5. The molecule has 0 atom stereocenters. The molecule has 0 bridgehead atoms. The van der Waals surface area contributed by atoms with Gasteiger partial charge in [0.05, 0.1) is 16.1 Å². The summed E-state index contributed by atoms with van der Waals surface area (Å²) < 4.78 is 43.3. The first kappa shape index (κ1) is 16.5. The first-order chi connectivity index (χ1) is 10.8. The van der Waals surface area contributed by atoms with E-state index in [9.17, 15) is 28.1 Å². The van der Waals surface area contributed by atoms with Crippen molar-refractivity contribution < 1.29 is 27.6 Å². The fraction of sp³-hybridized carbons (Fsp3) is 0.133. The molecule has 5 nitrogen and oxygen atoms in total. The van der Waals surface area contributed by atoms with Crippen LogP contribution in [-0.2, 0) is 17.5 Å². The maximum atomic E-state index is 12.8. The molecular formula is C15H10F3NO4. The molecule has 8 heteroatoms. The van der Waals surface area contributed by atoms with E-state index in [0.29, 0.717) is 5.56 Å². The van der Waals surface area contributed by atoms with Gasteiger partial charge in [-0.05, 0) is 29.8 Å². The fourth-order valence-corrected chi connectivity index (χ4v) is 1.85. The SMILES string of the molecule is O=C(OCc1ccc([N+](=O)[O-])cc1)c1ccccc1C(F)(F)F. The lowest BCUT2D eigenvalue weighted by atomic mass is 10.1. The molecule has 0 spiro atoms. The molecule has 0 unspecified atom stereocenters. The highest BCUT2D eigenvalue weighted by atomic mass is 19.4. The van der Waals surface area contributed by atoms with Crippen molar-refractivity contribution in [2.45, 2.75) is 12.8 Å². The Bertz CT molecular complexity index is 726. The third-order valence-corrected chi connectivity index (χ3v) is 2.97. The maximum Gasteiger partial charge on any atom is 0.417 e. The molecule has 2 aromatic carbocycles. The van der Waals surface area contributed by atoms with Crippen LogP contribution in [0.5, 0.6) is 0 Å². The Labute approximate surface area is 128 Å². The van der Waals surface area contributed by atoms with E-state index < -0.39 is 28.2 Å². The quantitative estimate of drug-likeness (QED) is 0.484. The first-order valence-electron chi connectivity index (χ1n) is 6.35. The number of esters is 1. The van der Waals surface area contributed by atoms with Crippen molar-refractivity contribution in [1.82, 2.24) is 0 Å². The zero-order valence-corrected chi connectivity index (χ0v) is 11.5. The molecule has 0 radical (unpaired) electrons. The van der Waals surface area contributed by atoms with E-state index in [1.807, 2.05) is 0 Å². The van der Waals surface area contributed by atoms with Crippen LogP contribution in [0.25, 0.3) is 0 Å². The Morgan fingerprint density at radius 1 is 1.09 bits per heavy atom. The zero-order chi connectivity index (χ0) is 17.0. The normalized spacial score (nSPS) is 11.1. The number of nitro benzene ring substituents is 1. The third kappa shape index (κ3) is 4.06. The van der Waals surface area contributed by atoms with Gasteiger partial charge in [-0.25, -0.2) is 4.79 Å². The van der Waals surface area contributed by atoms with Crippen LogP contribution in [0.15, 0.2) is 48.5 Å². The van der Waals surface area contributed by atoms with E-state index in [1.165, 1.54) is 36.4 Å². The minimum Gasteiger partial charge on any atom is -0.457 e. The van der Waals surface area contributed by atoms with E-state index >= 15 is 0 Å². The highest BCUT2D eigenvalue weighted by molar-refractivity contribution is 5.91. The summed E-state index contributed by atoms with van der Waals surface area (Å²) in [5.74, 6) is -1.11. The number of nitrogens with zero attached hydrogens (tertiary/aromatic N) is 1. The van der Waals surface area contributed by atoms with Gasteiger partial charge in [-0.3, -0.25) is 10.1 Å². The molecule has 0 amide bonds. The van der Waals surface area contributed by atoms with Gasteiger partial charge < -0.3 is 4.74 Å². The largest absolute Gasteiger partial charge is 0.457 e. The summed E-state index contributed by atoms with van der Waals surface area (Å²) in [6.07, 6.45) is -4.66. The number of alkyl halides is 3. The van der Waals surface area contributed by atoms with Gasteiger partial charge in [0.15, 0.2) is 0 Å². The first-order valence-corrected chi connectivity index (χ1v) is 6.35. The van der Waals surface area contributed by atoms with Crippen LogP contribution in [-0.4, -0.2) is 10.9 Å². The van der Waals surface area contributed by atoms with Gasteiger partial charge in [0.1, 0.15) is 6.61 Å². The monoisotopic (exact) mass is 325 g/mol. The van der Waals surface area contributed by atoms with Gasteiger partial charge in [-0.1, -0.05) is 12.1 Å². The second-order valence-electron chi connectivity index (χ2n) is 4.54. The molecule has 2 rings (SSSR count). The predicted molar refractivity (Wildman–Crippen MR) is 73.7 cm³/mol. The van der Waals surface area contributed by atoms with Gasteiger partial charge in [0.2, 0.25) is 0 Å². The van der Waals surface area contributed by atoms with Crippen molar-refractivity contribution in [2.75, 3.05) is 0 Å². The fourth-order valence-electron chi connectivity index (χ4n) is 1.85. The lowest BCUT2D eigenvalue weighted by Crippen LogP contribution is -2.15. The number of hydrogen-bond acceptors (Lipinski definition) is 4. The Morgan fingerprint density at radius 3 is 2.26 bits per heavy atom. The summed E-state index contributed by atoms with van der Waals surface area (Å²) in [4.78, 5) is 21.8. The summed E-state index contributed by atoms with van der Waals surface area (Å²) in [7, 11) is 0. The van der Waals surface area contributed by atoms with Gasteiger partial charge in [0, 0.05) is 12.1 Å². The molecule has 0 heterocycles. The highest BCUT2D eigenvalue weighted by Gasteiger charge is 2.35. The molecule has 0 aliphatic heterocycles. The summed E-state index contributed by atoms with van der Waals surface area (Å²) in [6, 6.07) is 9.46. The molecule has 0 aromatic heterocycles. The second kappa shape index (κ2) is 6.47. The number of benzene rings is 2.